The van der Waals surface area contributed by atoms with Gasteiger partial charge in [-0.15, -0.1) is 0 Å². The number of fused-ring (bicyclic) bond motifs is 1. The van der Waals surface area contributed by atoms with Crippen LogP contribution in [0.15, 0.2) is 23.7 Å². The Hall–Kier alpha value is -1.04. The van der Waals surface area contributed by atoms with E-state index in [1.54, 1.807) is 0 Å². The number of hydrogen-bond donors (Lipinski definition) is 5. The second kappa shape index (κ2) is 4.57. The van der Waals surface area contributed by atoms with Crippen molar-refractivity contribution in [1.29, 1.82) is 0 Å². The third kappa shape index (κ3) is 1.92. The quantitative estimate of drug-likeness (QED) is 0.478. The summed E-state index contributed by atoms with van der Waals surface area (Å²) in [6.07, 6.45) is 5.08. The van der Waals surface area contributed by atoms with Gasteiger partial charge in [0, 0.05) is 0 Å². The van der Waals surface area contributed by atoms with E-state index < -0.39 is 11.2 Å². The van der Waals surface area contributed by atoms with Gasteiger partial charge in [-0.2, -0.15) is 0 Å². The maximum Gasteiger partial charge on any atom is 0.156 e. The summed E-state index contributed by atoms with van der Waals surface area (Å²) in [6, 6.07) is 0. The van der Waals surface area contributed by atoms with Crippen LogP contribution in [0.25, 0.3) is 0 Å². The zero-order valence-corrected chi connectivity index (χ0v) is 10.6. The van der Waals surface area contributed by atoms with Crippen LogP contribution in [-0.4, -0.2) is 45.2 Å². The molecule has 5 N–H and O–H groups in total. The number of aliphatic hydroxyl groups excluding tert-OH is 2. The number of hydrogen-bond acceptors (Lipinski definition) is 5. The molecule has 1 fully saturated rings. The fourth-order valence-corrected chi connectivity index (χ4v) is 3.07. The molecule has 18 heavy (non-hydrogen) atoms. The molecule has 2 aliphatic rings. The molecule has 0 bridgehead atoms. The molecular weight excluding hydrogens is 234 g/mol. The summed E-state index contributed by atoms with van der Waals surface area (Å²) in [6.45, 7) is 0.849. The Morgan fingerprint density at radius 3 is 2.61 bits per heavy atom. The van der Waals surface area contributed by atoms with E-state index >= 15 is 0 Å². The average Bonchev–Trinajstić information content (AvgIpc) is 2.54. The molecular formula is C13H21NO4. The van der Waals surface area contributed by atoms with Crippen molar-refractivity contribution in [1.82, 2.24) is 5.32 Å². The third-order valence-electron chi connectivity index (χ3n) is 4.16. The third-order valence-corrected chi connectivity index (χ3v) is 4.16. The Bertz CT molecular complexity index is 392. The van der Waals surface area contributed by atoms with Crippen LogP contribution in [0, 0.1) is 5.92 Å². The van der Waals surface area contributed by atoms with Crippen molar-refractivity contribution in [2.45, 2.75) is 36.9 Å². The zero-order valence-electron chi connectivity index (χ0n) is 10.6. The van der Waals surface area contributed by atoms with Crippen molar-refractivity contribution in [3.05, 3.63) is 23.7 Å². The van der Waals surface area contributed by atoms with E-state index in [0.29, 0.717) is 12.8 Å². The van der Waals surface area contributed by atoms with Gasteiger partial charge in [-0.05, 0) is 57.3 Å². The van der Waals surface area contributed by atoms with Crippen LogP contribution in [0.1, 0.15) is 25.7 Å². The average molecular weight is 255 g/mol. The van der Waals surface area contributed by atoms with Crippen LogP contribution in [0.3, 0.4) is 0 Å². The second-order valence-electron chi connectivity index (χ2n) is 5.29. The number of aliphatic hydroxyl groups is 4. The molecule has 0 heterocycles. The van der Waals surface area contributed by atoms with Crippen LogP contribution in [0.5, 0.6) is 0 Å². The summed E-state index contributed by atoms with van der Waals surface area (Å²) in [5.74, 6) is -0.830. The van der Waals surface area contributed by atoms with Gasteiger partial charge in [0.05, 0.1) is 0 Å². The Morgan fingerprint density at radius 2 is 1.94 bits per heavy atom. The summed E-state index contributed by atoms with van der Waals surface area (Å²) >= 11 is 0. The Kier molecular flexibility index (Phi) is 3.40. The highest BCUT2D eigenvalue weighted by Gasteiger charge is 2.58. The van der Waals surface area contributed by atoms with Gasteiger partial charge in [0.2, 0.25) is 0 Å². The summed E-state index contributed by atoms with van der Waals surface area (Å²) in [5, 5.41) is 43.1. The first-order valence-corrected chi connectivity index (χ1v) is 6.36. The minimum absolute atomic E-state index is 0.109. The molecule has 0 saturated heterocycles. The Balaban J connectivity index is 2.20. The standard InChI is InChI=1S/C13H21NO4/c1-14-6-2-3-9-4-5-12(17)7-10(15)11(16)8-13(9,12)18/h7-9,14-18H,2-6H2,1H3. The van der Waals surface area contributed by atoms with Gasteiger partial charge < -0.3 is 25.7 Å². The van der Waals surface area contributed by atoms with Gasteiger partial charge in [0.15, 0.2) is 11.5 Å². The second-order valence-corrected chi connectivity index (χ2v) is 5.29. The minimum atomic E-state index is -1.48. The fourth-order valence-electron chi connectivity index (χ4n) is 3.07. The lowest BCUT2D eigenvalue weighted by atomic mass is 9.75. The molecule has 2 aliphatic carbocycles. The fraction of sp³-hybridized carbons (Fsp3) is 0.692. The molecule has 3 unspecified atom stereocenters. The van der Waals surface area contributed by atoms with Crippen molar-refractivity contribution < 1.29 is 20.4 Å². The van der Waals surface area contributed by atoms with Crippen LogP contribution in [0.4, 0.5) is 0 Å². The molecule has 0 amide bonds. The van der Waals surface area contributed by atoms with Crippen molar-refractivity contribution in [3.8, 4) is 0 Å². The van der Waals surface area contributed by atoms with Gasteiger partial charge >= 0.3 is 0 Å². The van der Waals surface area contributed by atoms with Crippen LogP contribution in [0.2, 0.25) is 0 Å². The maximum absolute atomic E-state index is 10.7. The lowest BCUT2D eigenvalue weighted by Gasteiger charge is -2.39. The molecule has 5 heteroatoms. The lowest BCUT2D eigenvalue weighted by Crippen LogP contribution is -2.53. The molecule has 0 spiro atoms. The first-order chi connectivity index (χ1) is 8.43. The van der Waals surface area contributed by atoms with Crippen molar-refractivity contribution in [2.75, 3.05) is 13.6 Å². The Labute approximate surface area is 106 Å². The highest BCUT2D eigenvalue weighted by Crippen LogP contribution is 2.50. The monoisotopic (exact) mass is 255 g/mol. The minimum Gasteiger partial charge on any atom is -0.504 e. The van der Waals surface area contributed by atoms with Crippen molar-refractivity contribution in [2.24, 2.45) is 5.92 Å². The molecule has 0 radical (unpaired) electrons. The molecule has 102 valence electrons. The van der Waals surface area contributed by atoms with Crippen molar-refractivity contribution >= 4 is 0 Å². The normalized spacial score (nSPS) is 39.2. The van der Waals surface area contributed by atoms with Crippen LogP contribution in [-0.2, 0) is 0 Å². The molecule has 3 atom stereocenters. The predicted octanol–water partition coefficient (Wildman–Crippen LogP) is 0.756. The summed E-state index contributed by atoms with van der Waals surface area (Å²) in [5.41, 5.74) is -2.94. The summed E-state index contributed by atoms with van der Waals surface area (Å²) in [7, 11) is 1.87. The van der Waals surface area contributed by atoms with E-state index in [2.05, 4.69) is 5.32 Å². The topological polar surface area (TPSA) is 93.0 Å². The zero-order chi connectivity index (χ0) is 13.4. The van der Waals surface area contributed by atoms with E-state index in [0.717, 1.165) is 19.4 Å². The number of rotatable bonds is 4. The molecule has 0 aromatic carbocycles. The Morgan fingerprint density at radius 1 is 1.28 bits per heavy atom. The van der Waals surface area contributed by atoms with E-state index in [4.69, 9.17) is 0 Å². The van der Waals surface area contributed by atoms with Crippen LogP contribution >= 0.6 is 0 Å². The molecule has 0 aromatic rings. The van der Waals surface area contributed by atoms with E-state index in [-0.39, 0.29) is 17.4 Å². The van der Waals surface area contributed by atoms with Gasteiger partial charge in [0.25, 0.3) is 0 Å². The molecule has 0 aromatic heterocycles. The first kappa shape index (κ1) is 13.4. The lowest BCUT2D eigenvalue weighted by molar-refractivity contribution is -0.0974. The van der Waals surface area contributed by atoms with E-state index in [9.17, 15) is 20.4 Å². The smallest absolute Gasteiger partial charge is 0.156 e. The largest absolute Gasteiger partial charge is 0.504 e. The molecule has 0 aliphatic heterocycles. The van der Waals surface area contributed by atoms with Gasteiger partial charge in [-0.1, -0.05) is 0 Å². The van der Waals surface area contributed by atoms with Crippen molar-refractivity contribution in [3.63, 3.8) is 0 Å². The highest BCUT2D eigenvalue weighted by atomic mass is 16.4. The van der Waals surface area contributed by atoms with E-state index in [1.165, 1.54) is 12.2 Å². The van der Waals surface area contributed by atoms with Gasteiger partial charge in [-0.3, -0.25) is 0 Å². The van der Waals surface area contributed by atoms with Gasteiger partial charge in [0.1, 0.15) is 11.2 Å². The van der Waals surface area contributed by atoms with Crippen LogP contribution < -0.4 is 5.32 Å². The summed E-state index contributed by atoms with van der Waals surface area (Å²) < 4.78 is 0. The SMILES string of the molecule is CNCCCC1CCC2(O)C=C(O)C(O)=CC12O. The highest BCUT2D eigenvalue weighted by molar-refractivity contribution is 5.38. The first-order valence-electron chi connectivity index (χ1n) is 6.36. The molecule has 1 saturated carbocycles. The van der Waals surface area contributed by atoms with E-state index in [1.807, 2.05) is 7.05 Å². The maximum atomic E-state index is 10.7. The summed E-state index contributed by atoms with van der Waals surface area (Å²) in [4.78, 5) is 0. The molecule has 5 nitrogen and oxygen atoms in total. The van der Waals surface area contributed by atoms with Gasteiger partial charge in [-0.25, -0.2) is 0 Å². The predicted molar refractivity (Wildman–Crippen MR) is 67.2 cm³/mol. The number of nitrogens with one attached hydrogen (secondary N) is 1. The molecule has 2 rings (SSSR count).